The molecular weight excluding hydrogens is 300 g/mol. The summed E-state index contributed by atoms with van der Waals surface area (Å²) in [5, 5.41) is 14.2. The molecule has 2 aromatic carbocycles. The van der Waals surface area contributed by atoms with E-state index in [0.29, 0.717) is 5.13 Å². The zero-order valence-corrected chi connectivity index (χ0v) is 12.4. The number of para-hydroxylation sites is 1. The second-order valence-electron chi connectivity index (χ2n) is 4.78. The van der Waals surface area contributed by atoms with Crippen molar-refractivity contribution in [2.45, 2.75) is 6.92 Å². The molecule has 6 heteroatoms. The molecular formula is C16H11N2O3S-. The molecule has 1 heterocycles. The van der Waals surface area contributed by atoms with E-state index in [1.165, 1.54) is 23.5 Å². The van der Waals surface area contributed by atoms with Crippen LogP contribution in [0.1, 0.15) is 26.3 Å². The lowest BCUT2D eigenvalue weighted by atomic mass is 10.0. The van der Waals surface area contributed by atoms with Crippen LogP contribution >= 0.6 is 11.3 Å². The second-order valence-corrected chi connectivity index (χ2v) is 5.81. The van der Waals surface area contributed by atoms with Gasteiger partial charge in [0.2, 0.25) is 0 Å². The third kappa shape index (κ3) is 2.68. The summed E-state index contributed by atoms with van der Waals surface area (Å²) in [5.74, 6) is -1.89. The molecule has 0 saturated carbocycles. The fourth-order valence-electron chi connectivity index (χ4n) is 2.11. The molecule has 0 radical (unpaired) electrons. The summed E-state index contributed by atoms with van der Waals surface area (Å²) in [6.45, 7) is 1.79. The Morgan fingerprint density at radius 1 is 1.14 bits per heavy atom. The fourth-order valence-corrected chi connectivity index (χ4v) is 2.97. The summed E-state index contributed by atoms with van der Waals surface area (Å²) in [4.78, 5) is 27.8. The van der Waals surface area contributed by atoms with Gasteiger partial charge in [-0.05, 0) is 25.1 Å². The lowest BCUT2D eigenvalue weighted by molar-refractivity contribution is -0.255. The summed E-state index contributed by atoms with van der Waals surface area (Å²) in [6, 6.07) is 12.0. The molecule has 0 saturated heterocycles. The van der Waals surface area contributed by atoms with Crippen LogP contribution in [0.3, 0.4) is 0 Å². The Bertz CT molecular complexity index is 853. The van der Waals surface area contributed by atoms with Crippen LogP contribution in [-0.2, 0) is 0 Å². The number of hydrogen-bond acceptors (Lipinski definition) is 5. The number of nitrogens with zero attached hydrogens (tertiary/aromatic N) is 1. The van der Waals surface area contributed by atoms with Gasteiger partial charge < -0.3 is 9.90 Å². The number of fused-ring (bicyclic) bond motifs is 1. The Morgan fingerprint density at radius 3 is 2.64 bits per heavy atom. The van der Waals surface area contributed by atoms with Crippen molar-refractivity contribution in [3.05, 3.63) is 59.2 Å². The van der Waals surface area contributed by atoms with Gasteiger partial charge in [-0.25, -0.2) is 4.98 Å². The van der Waals surface area contributed by atoms with Gasteiger partial charge in [0.1, 0.15) is 0 Å². The lowest BCUT2D eigenvalue weighted by Gasteiger charge is -2.10. The minimum atomic E-state index is -1.38. The number of carboxylic acid groups (broad SMARTS) is 1. The summed E-state index contributed by atoms with van der Waals surface area (Å²) >= 11 is 1.33. The van der Waals surface area contributed by atoms with E-state index in [1.54, 1.807) is 13.0 Å². The number of carbonyl (C=O) groups excluding carboxylic acids is 2. The van der Waals surface area contributed by atoms with E-state index >= 15 is 0 Å². The molecule has 110 valence electrons. The van der Waals surface area contributed by atoms with E-state index in [9.17, 15) is 14.7 Å². The average Bonchev–Trinajstić information content (AvgIpc) is 2.88. The van der Waals surface area contributed by atoms with Crippen molar-refractivity contribution in [3.63, 3.8) is 0 Å². The Morgan fingerprint density at radius 2 is 1.91 bits per heavy atom. The number of rotatable bonds is 3. The standard InChI is InChI=1S/C16H12N2O3S/c1-9-6-7-10(15(20)21)11(8-9)14(19)18-16-17-12-4-2-3-5-13(12)22-16/h2-8H,1H3,(H,20,21)(H,17,18,19)/p-1. The van der Waals surface area contributed by atoms with Crippen molar-refractivity contribution in [3.8, 4) is 0 Å². The monoisotopic (exact) mass is 311 g/mol. The molecule has 1 N–H and O–H groups in total. The molecule has 1 aromatic heterocycles. The van der Waals surface area contributed by atoms with Gasteiger partial charge in [-0.15, -0.1) is 0 Å². The van der Waals surface area contributed by atoms with Crippen molar-refractivity contribution in [2.24, 2.45) is 0 Å². The van der Waals surface area contributed by atoms with Gasteiger partial charge in [0, 0.05) is 11.1 Å². The SMILES string of the molecule is Cc1ccc(C(=O)[O-])c(C(=O)Nc2nc3ccccc3s2)c1. The van der Waals surface area contributed by atoms with Crippen molar-refractivity contribution in [2.75, 3.05) is 5.32 Å². The minimum Gasteiger partial charge on any atom is -0.545 e. The number of carboxylic acids is 1. The number of benzene rings is 2. The van der Waals surface area contributed by atoms with Crippen LogP contribution in [0, 0.1) is 6.92 Å². The second kappa shape index (κ2) is 5.57. The Kier molecular flexibility index (Phi) is 3.60. The van der Waals surface area contributed by atoms with Crippen LogP contribution in [0.4, 0.5) is 5.13 Å². The first-order chi connectivity index (χ1) is 10.5. The normalized spacial score (nSPS) is 10.6. The molecule has 0 aliphatic rings. The van der Waals surface area contributed by atoms with Crippen LogP contribution in [0.2, 0.25) is 0 Å². The quantitative estimate of drug-likeness (QED) is 0.804. The van der Waals surface area contributed by atoms with E-state index in [2.05, 4.69) is 10.3 Å². The molecule has 3 rings (SSSR count). The summed E-state index contributed by atoms with van der Waals surface area (Å²) in [6.07, 6.45) is 0. The molecule has 3 aromatic rings. The maximum atomic E-state index is 12.3. The molecule has 0 atom stereocenters. The van der Waals surface area contributed by atoms with Crippen molar-refractivity contribution in [1.29, 1.82) is 0 Å². The van der Waals surface area contributed by atoms with E-state index < -0.39 is 11.9 Å². The molecule has 22 heavy (non-hydrogen) atoms. The first-order valence-electron chi connectivity index (χ1n) is 6.53. The number of nitrogens with one attached hydrogen (secondary N) is 1. The molecule has 5 nitrogen and oxygen atoms in total. The predicted molar refractivity (Wildman–Crippen MR) is 83.1 cm³/mol. The Labute approximate surface area is 130 Å². The molecule has 0 aliphatic heterocycles. The molecule has 0 fully saturated rings. The van der Waals surface area contributed by atoms with E-state index in [0.717, 1.165) is 15.8 Å². The van der Waals surface area contributed by atoms with Gasteiger partial charge in [0.15, 0.2) is 5.13 Å². The van der Waals surface area contributed by atoms with Gasteiger partial charge in [-0.2, -0.15) is 0 Å². The summed E-state index contributed by atoms with van der Waals surface area (Å²) < 4.78 is 0.946. The molecule has 0 unspecified atom stereocenters. The van der Waals surface area contributed by atoms with E-state index in [4.69, 9.17) is 0 Å². The molecule has 0 bridgehead atoms. The zero-order valence-electron chi connectivity index (χ0n) is 11.6. The highest BCUT2D eigenvalue weighted by atomic mass is 32.1. The largest absolute Gasteiger partial charge is 0.545 e. The van der Waals surface area contributed by atoms with Crippen LogP contribution in [0.15, 0.2) is 42.5 Å². The van der Waals surface area contributed by atoms with Crippen molar-refractivity contribution >= 4 is 38.6 Å². The summed E-state index contributed by atoms with van der Waals surface area (Å²) in [7, 11) is 0. The van der Waals surface area contributed by atoms with Gasteiger partial charge >= 0.3 is 0 Å². The van der Waals surface area contributed by atoms with Crippen LogP contribution in [0.25, 0.3) is 10.2 Å². The highest BCUT2D eigenvalue weighted by Gasteiger charge is 2.14. The lowest BCUT2D eigenvalue weighted by Crippen LogP contribution is -2.26. The molecule has 1 amide bonds. The number of carbonyl (C=O) groups is 2. The van der Waals surface area contributed by atoms with Crippen LogP contribution in [0.5, 0.6) is 0 Å². The average molecular weight is 311 g/mol. The van der Waals surface area contributed by atoms with Crippen molar-refractivity contribution in [1.82, 2.24) is 4.98 Å². The van der Waals surface area contributed by atoms with Gasteiger partial charge in [0.25, 0.3) is 5.91 Å². The first-order valence-corrected chi connectivity index (χ1v) is 7.35. The first kappa shape index (κ1) is 14.2. The van der Waals surface area contributed by atoms with E-state index in [-0.39, 0.29) is 11.1 Å². The third-order valence-electron chi connectivity index (χ3n) is 3.15. The highest BCUT2D eigenvalue weighted by molar-refractivity contribution is 7.22. The maximum Gasteiger partial charge on any atom is 0.258 e. The van der Waals surface area contributed by atoms with E-state index in [1.807, 2.05) is 24.3 Å². The number of anilines is 1. The maximum absolute atomic E-state index is 12.3. The topological polar surface area (TPSA) is 82.1 Å². The fraction of sp³-hybridized carbons (Fsp3) is 0.0625. The smallest absolute Gasteiger partial charge is 0.258 e. The number of aryl methyl sites for hydroxylation is 1. The van der Waals surface area contributed by atoms with Gasteiger partial charge in [-0.3, -0.25) is 10.1 Å². The number of aromatic carboxylic acids is 1. The highest BCUT2D eigenvalue weighted by Crippen LogP contribution is 2.26. The van der Waals surface area contributed by atoms with Crippen LogP contribution < -0.4 is 10.4 Å². The zero-order chi connectivity index (χ0) is 15.7. The number of aromatic nitrogens is 1. The third-order valence-corrected chi connectivity index (χ3v) is 4.11. The number of hydrogen-bond donors (Lipinski definition) is 1. The van der Waals surface area contributed by atoms with Gasteiger partial charge in [-0.1, -0.05) is 41.2 Å². The van der Waals surface area contributed by atoms with Crippen LogP contribution in [-0.4, -0.2) is 16.9 Å². The Hall–Kier alpha value is -2.73. The minimum absolute atomic E-state index is 0.0688. The molecule has 0 spiro atoms. The van der Waals surface area contributed by atoms with Crippen molar-refractivity contribution < 1.29 is 14.7 Å². The molecule has 0 aliphatic carbocycles. The number of thiazole rings is 1. The summed E-state index contributed by atoms with van der Waals surface area (Å²) in [5.41, 5.74) is 1.51. The van der Waals surface area contributed by atoms with Gasteiger partial charge in [0.05, 0.1) is 16.2 Å². The predicted octanol–water partition coefficient (Wildman–Crippen LogP) is 2.22. The Balaban J connectivity index is 1.94. The number of amides is 1.